The van der Waals surface area contributed by atoms with Crippen molar-refractivity contribution in [2.45, 2.75) is 26.5 Å². The highest BCUT2D eigenvalue weighted by atomic mass is 127. The minimum atomic E-state index is -0.383. The van der Waals surface area contributed by atoms with Gasteiger partial charge in [-0.05, 0) is 43.7 Å². The van der Waals surface area contributed by atoms with Crippen LogP contribution in [-0.2, 0) is 6.54 Å². The summed E-state index contributed by atoms with van der Waals surface area (Å²) in [6, 6.07) is 13.7. The fraction of sp³-hybridized carbons (Fsp3) is 0.333. The summed E-state index contributed by atoms with van der Waals surface area (Å²) in [5.74, 6) is 0.336. The molecule has 0 aromatic heterocycles. The molecule has 1 atom stereocenters. The van der Waals surface area contributed by atoms with Crippen LogP contribution in [0.3, 0.4) is 0 Å². The van der Waals surface area contributed by atoms with Gasteiger partial charge in [-0.25, -0.2) is 9.38 Å². The third-order valence-electron chi connectivity index (χ3n) is 3.90. The number of ether oxygens (including phenoxy) is 1. The van der Waals surface area contributed by atoms with Crippen LogP contribution in [0.1, 0.15) is 29.8 Å². The lowest BCUT2D eigenvalue weighted by Crippen LogP contribution is -2.41. The maximum absolute atomic E-state index is 13.7. The van der Waals surface area contributed by atoms with Crippen molar-refractivity contribution in [1.29, 1.82) is 0 Å². The predicted octanol–water partition coefficient (Wildman–Crippen LogP) is 3.33. The number of hydrogen-bond acceptors (Lipinski definition) is 3. The maximum atomic E-state index is 13.7. The van der Waals surface area contributed by atoms with Crippen molar-refractivity contribution in [3.05, 3.63) is 65.5 Å². The van der Waals surface area contributed by atoms with E-state index in [1.807, 2.05) is 32.0 Å². The van der Waals surface area contributed by atoms with Crippen molar-refractivity contribution in [1.82, 2.24) is 16.0 Å². The largest absolute Gasteiger partial charge is 0.486 e. The molecule has 2 rings (SSSR count). The monoisotopic (exact) mass is 514 g/mol. The number of nitrogens with zero attached hydrogens (tertiary/aromatic N) is 1. The summed E-state index contributed by atoms with van der Waals surface area (Å²) in [7, 11) is 1.60. The Morgan fingerprint density at radius 1 is 1.17 bits per heavy atom. The van der Waals surface area contributed by atoms with Crippen LogP contribution in [-0.4, -0.2) is 38.1 Å². The number of carbonyl (C=O) groups excluding carboxylic acids is 1. The lowest BCUT2D eigenvalue weighted by atomic mass is 10.1. The number of aliphatic imine (C=N–C) groups is 1. The van der Waals surface area contributed by atoms with E-state index in [1.165, 1.54) is 6.07 Å². The number of hydrogen-bond donors (Lipinski definition) is 3. The van der Waals surface area contributed by atoms with Gasteiger partial charge in [-0.2, -0.15) is 0 Å². The van der Waals surface area contributed by atoms with E-state index in [4.69, 9.17) is 4.74 Å². The Hall–Kier alpha value is -2.36. The van der Waals surface area contributed by atoms with Gasteiger partial charge in [0.25, 0.3) is 5.91 Å². The molecule has 1 unspecified atom stereocenters. The Labute approximate surface area is 188 Å². The average molecular weight is 514 g/mol. The molecule has 0 radical (unpaired) electrons. The summed E-state index contributed by atoms with van der Waals surface area (Å²) < 4.78 is 19.3. The fourth-order valence-corrected chi connectivity index (χ4v) is 2.51. The van der Waals surface area contributed by atoms with Crippen molar-refractivity contribution in [3.63, 3.8) is 0 Å². The van der Waals surface area contributed by atoms with Crippen molar-refractivity contribution in [2.75, 3.05) is 20.1 Å². The molecule has 0 saturated heterocycles. The molecule has 0 aliphatic heterocycles. The normalized spacial score (nSPS) is 11.8. The molecule has 0 spiro atoms. The number of para-hydroxylation sites is 1. The predicted molar refractivity (Wildman–Crippen MR) is 125 cm³/mol. The molecule has 158 valence electrons. The van der Waals surface area contributed by atoms with Gasteiger partial charge in [0.15, 0.2) is 17.5 Å². The molecule has 3 N–H and O–H groups in total. The molecule has 1 amide bonds. The second-order valence-corrected chi connectivity index (χ2v) is 6.21. The highest BCUT2D eigenvalue weighted by Crippen LogP contribution is 2.16. The van der Waals surface area contributed by atoms with Crippen LogP contribution in [0, 0.1) is 5.82 Å². The van der Waals surface area contributed by atoms with E-state index in [2.05, 4.69) is 20.9 Å². The zero-order chi connectivity index (χ0) is 20.4. The van der Waals surface area contributed by atoms with Crippen molar-refractivity contribution >= 4 is 35.8 Å². The summed E-state index contributed by atoms with van der Waals surface area (Å²) in [6.07, 6.45) is -0.252. The third kappa shape index (κ3) is 8.26. The van der Waals surface area contributed by atoms with Crippen LogP contribution in [0.4, 0.5) is 4.39 Å². The topological polar surface area (TPSA) is 74.8 Å². The van der Waals surface area contributed by atoms with Gasteiger partial charge in [0, 0.05) is 19.2 Å². The number of nitrogens with one attached hydrogen (secondary N) is 3. The Bertz CT molecular complexity index is 817. The van der Waals surface area contributed by atoms with Crippen molar-refractivity contribution < 1.29 is 13.9 Å². The number of benzene rings is 2. The Balaban J connectivity index is 0.00000420. The maximum Gasteiger partial charge on any atom is 0.251 e. The van der Waals surface area contributed by atoms with Gasteiger partial charge in [0.2, 0.25) is 0 Å². The number of rotatable bonds is 8. The third-order valence-corrected chi connectivity index (χ3v) is 3.90. The first-order valence-corrected chi connectivity index (χ1v) is 9.27. The summed E-state index contributed by atoms with van der Waals surface area (Å²) in [5, 5.41) is 8.96. The van der Waals surface area contributed by atoms with Crippen LogP contribution in [0.15, 0.2) is 53.5 Å². The van der Waals surface area contributed by atoms with E-state index in [9.17, 15) is 9.18 Å². The van der Waals surface area contributed by atoms with Gasteiger partial charge >= 0.3 is 0 Å². The van der Waals surface area contributed by atoms with Crippen LogP contribution in [0.2, 0.25) is 0 Å². The van der Waals surface area contributed by atoms with Crippen LogP contribution < -0.4 is 20.7 Å². The van der Waals surface area contributed by atoms with Gasteiger partial charge in [-0.3, -0.25) is 4.79 Å². The Morgan fingerprint density at radius 3 is 2.62 bits per heavy atom. The minimum Gasteiger partial charge on any atom is -0.486 e. The molecule has 0 fully saturated rings. The minimum absolute atomic E-state index is 0. The summed E-state index contributed by atoms with van der Waals surface area (Å²) in [4.78, 5) is 16.3. The highest BCUT2D eigenvalue weighted by molar-refractivity contribution is 14.0. The smallest absolute Gasteiger partial charge is 0.251 e. The van der Waals surface area contributed by atoms with Crippen LogP contribution in [0.5, 0.6) is 5.75 Å². The lowest BCUT2D eigenvalue weighted by Gasteiger charge is -2.18. The Kier molecular flexibility index (Phi) is 11.0. The summed E-state index contributed by atoms with van der Waals surface area (Å²) in [6.45, 7) is 5.41. The average Bonchev–Trinajstić information content (AvgIpc) is 2.71. The molecule has 2 aromatic rings. The number of halogens is 2. The molecule has 0 saturated carbocycles. The first-order valence-electron chi connectivity index (χ1n) is 9.27. The summed E-state index contributed by atoms with van der Waals surface area (Å²) >= 11 is 0. The first-order chi connectivity index (χ1) is 13.5. The van der Waals surface area contributed by atoms with Gasteiger partial charge in [0.1, 0.15) is 6.10 Å². The molecule has 0 heterocycles. The second-order valence-electron chi connectivity index (χ2n) is 6.21. The standard InChI is InChI=1S/C21H27FN4O2.HI/c1-4-24-21(25-13-15(2)28-19-11-6-5-10-18(19)22)26-14-16-8-7-9-17(12-16)20(27)23-3;/h5-12,15H,4,13-14H2,1-3H3,(H,23,27)(H2,24,25,26);1H. The number of carbonyl (C=O) groups is 1. The van der Waals surface area contributed by atoms with Crippen molar-refractivity contribution in [2.24, 2.45) is 4.99 Å². The highest BCUT2D eigenvalue weighted by Gasteiger charge is 2.09. The SMILES string of the molecule is CCNC(=NCc1cccc(C(=O)NC)c1)NCC(C)Oc1ccccc1F.I. The molecule has 2 aromatic carbocycles. The lowest BCUT2D eigenvalue weighted by molar-refractivity contribution is 0.0963. The van der Waals surface area contributed by atoms with E-state index >= 15 is 0 Å². The summed E-state index contributed by atoms with van der Waals surface area (Å²) in [5.41, 5.74) is 1.52. The fourth-order valence-electron chi connectivity index (χ4n) is 2.51. The second kappa shape index (κ2) is 13.0. The molecular weight excluding hydrogens is 486 g/mol. The number of amides is 1. The Morgan fingerprint density at radius 2 is 1.93 bits per heavy atom. The van der Waals surface area contributed by atoms with Gasteiger partial charge in [-0.15, -0.1) is 24.0 Å². The van der Waals surface area contributed by atoms with Crippen LogP contribution in [0.25, 0.3) is 0 Å². The molecule has 6 nitrogen and oxygen atoms in total. The zero-order valence-electron chi connectivity index (χ0n) is 16.9. The van der Waals surface area contributed by atoms with E-state index < -0.39 is 0 Å². The molecule has 0 aliphatic carbocycles. The van der Waals surface area contributed by atoms with Gasteiger partial charge in [0.05, 0.1) is 13.1 Å². The molecular formula is C21H28FIN4O2. The first kappa shape index (κ1) is 24.7. The van der Waals surface area contributed by atoms with Gasteiger partial charge < -0.3 is 20.7 Å². The van der Waals surface area contributed by atoms with Gasteiger partial charge in [-0.1, -0.05) is 24.3 Å². The molecule has 8 heteroatoms. The zero-order valence-corrected chi connectivity index (χ0v) is 19.2. The molecule has 0 bridgehead atoms. The molecule has 0 aliphatic rings. The number of guanidine groups is 1. The van der Waals surface area contributed by atoms with E-state index in [-0.39, 0.29) is 47.6 Å². The van der Waals surface area contributed by atoms with E-state index in [0.29, 0.717) is 31.2 Å². The molecule has 29 heavy (non-hydrogen) atoms. The van der Waals surface area contributed by atoms with Crippen LogP contribution >= 0.6 is 24.0 Å². The van der Waals surface area contributed by atoms with Crippen molar-refractivity contribution in [3.8, 4) is 5.75 Å². The van der Waals surface area contributed by atoms with E-state index in [1.54, 1.807) is 31.3 Å². The quantitative estimate of drug-likeness (QED) is 0.287. The van der Waals surface area contributed by atoms with E-state index in [0.717, 1.165) is 5.56 Å².